The molecule has 6 nitrogen and oxygen atoms in total. The van der Waals surface area contributed by atoms with Crippen molar-refractivity contribution in [3.05, 3.63) is 47.2 Å². The van der Waals surface area contributed by atoms with Crippen molar-refractivity contribution in [2.75, 3.05) is 5.75 Å². The Balaban J connectivity index is 1.77. The van der Waals surface area contributed by atoms with E-state index in [-0.39, 0.29) is 11.7 Å². The second-order valence-corrected chi connectivity index (χ2v) is 5.50. The number of hydrogen-bond donors (Lipinski definition) is 2. The minimum atomic E-state index is -0.401. The first kappa shape index (κ1) is 15.4. The van der Waals surface area contributed by atoms with E-state index in [1.807, 2.05) is 11.6 Å². The van der Waals surface area contributed by atoms with Gasteiger partial charge in [-0.05, 0) is 24.3 Å². The van der Waals surface area contributed by atoms with Crippen molar-refractivity contribution in [3.63, 3.8) is 0 Å². The van der Waals surface area contributed by atoms with Gasteiger partial charge in [-0.3, -0.25) is 20.4 Å². The third kappa shape index (κ3) is 4.51. The molecule has 1 aromatic carbocycles. The zero-order valence-electron chi connectivity index (χ0n) is 11.2. The van der Waals surface area contributed by atoms with Crippen molar-refractivity contribution in [1.82, 2.24) is 20.4 Å². The quantitative estimate of drug-likeness (QED) is 0.662. The van der Waals surface area contributed by atoms with E-state index in [1.54, 1.807) is 36.7 Å². The molecule has 0 saturated heterocycles. The summed E-state index contributed by atoms with van der Waals surface area (Å²) in [7, 11) is 1.84. The van der Waals surface area contributed by atoms with Crippen molar-refractivity contribution in [3.8, 4) is 0 Å². The van der Waals surface area contributed by atoms with Gasteiger partial charge in [0.15, 0.2) is 5.16 Å². The van der Waals surface area contributed by atoms with Crippen LogP contribution in [0.1, 0.15) is 10.4 Å². The zero-order valence-corrected chi connectivity index (χ0v) is 12.7. The summed E-state index contributed by atoms with van der Waals surface area (Å²) in [5.74, 6) is -0.557. The molecule has 0 radical (unpaired) electrons. The topological polar surface area (TPSA) is 76.0 Å². The number of rotatable bonds is 4. The van der Waals surface area contributed by atoms with Gasteiger partial charge >= 0.3 is 0 Å². The third-order valence-corrected chi connectivity index (χ3v) is 3.84. The number of imidazole rings is 1. The lowest BCUT2D eigenvalue weighted by molar-refractivity contribution is -0.119. The molecular formula is C13H13ClN4O2S. The molecule has 110 valence electrons. The molecule has 0 spiro atoms. The van der Waals surface area contributed by atoms with Gasteiger partial charge in [0, 0.05) is 30.0 Å². The lowest BCUT2D eigenvalue weighted by Crippen LogP contribution is -2.42. The Bertz CT molecular complexity index is 642. The molecule has 1 heterocycles. The van der Waals surface area contributed by atoms with Crippen molar-refractivity contribution >= 4 is 35.2 Å². The normalized spacial score (nSPS) is 10.2. The maximum absolute atomic E-state index is 11.8. The van der Waals surface area contributed by atoms with Gasteiger partial charge in [-0.1, -0.05) is 23.4 Å². The van der Waals surface area contributed by atoms with E-state index in [4.69, 9.17) is 11.6 Å². The number of halogens is 1. The number of nitrogens with zero attached hydrogens (tertiary/aromatic N) is 2. The highest BCUT2D eigenvalue weighted by Crippen LogP contribution is 2.13. The van der Waals surface area contributed by atoms with Gasteiger partial charge in [-0.25, -0.2) is 4.98 Å². The molecular weight excluding hydrogens is 312 g/mol. The van der Waals surface area contributed by atoms with E-state index in [2.05, 4.69) is 15.8 Å². The van der Waals surface area contributed by atoms with Gasteiger partial charge in [0.2, 0.25) is 5.91 Å². The Kier molecular flexibility index (Phi) is 5.24. The van der Waals surface area contributed by atoms with E-state index in [0.29, 0.717) is 10.6 Å². The van der Waals surface area contributed by atoms with Crippen LogP contribution < -0.4 is 10.9 Å². The maximum Gasteiger partial charge on any atom is 0.269 e. The molecule has 2 rings (SSSR count). The largest absolute Gasteiger partial charge is 0.329 e. The fraction of sp³-hybridized carbons (Fsp3) is 0.154. The standard InChI is InChI=1S/C13H13ClN4O2S/c1-18-7-6-15-13(18)21-8-11(19)16-17-12(20)9-2-4-10(14)5-3-9/h2-7H,8H2,1H3,(H,16,19)(H,17,20). The van der Waals surface area contributed by atoms with Crippen LogP contribution in [-0.4, -0.2) is 27.1 Å². The number of carbonyl (C=O) groups excluding carboxylic acids is 2. The number of nitrogens with one attached hydrogen (secondary N) is 2. The summed E-state index contributed by atoms with van der Waals surface area (Å²) < 4.78 is 1.81. The highest BCUT2D eigenvalue weighted by Gasteiger charge is 2.09. The predicted octanol–water partition coefficient (Wildman–Crippen LogP) is 1.63. The molecule has 21 heavy (non-hydrogen) atoms. The Morgan fingerprint density at radius 1 is 1.29 bits per heavy atom. The van der Waals surface area contributed by atoms with E-state index in [1.165, 1.54) is 11.8 Å². The van der Waals surface area contributed by atoms with Crippen molar-refractivity contribution < 1.29 is 9.59 Å². The summed E-state index contributed by atoms with van der Waals surface area (Å²) >= 11 is 7.02. The lowest BCUT2D eigenvalue weighted by atomic mass is 10.2. The summed E-state index contributed by atoms with van der Waals surface area (Å²) in [6.45, 7) is 0. The van der Waals surface area contributed by atoms with Gasteiger partial charge in [-0.15, -0.1) is 0 Å². The lowest BCUT2D eigenvalue weighted by Gasteiger charge is -2.07. The number of hydrogen-bond acceptors (Lipinski definition) is 4. The van der Waals surface area contributed by atoms with Crippen molar-refractivity contribution in [2.45, 2.75) is 5.16 Å². The Labute approximate surface area is 130 Å². The highest BCUT2D eigenvalue weighted by molar-refractivity contribution is 7.99. The highest BCUT2D eigenvalue weighted by atomic mass is 35.5. The number of aryl methyl sites for hydroxylation is 1. The molecule has 8 heteroatoms. The van der Waals surface area contributed by atoms with Gasteiger partial charge in [0.05, 0.1) is 5.75 Å². The Hall–Kier alpha value is -1.99. The van der Waals surface area contributed by atoms with Crippen LogP contribution in [0.25, 0.3) is 0 Å². The summed E-state index contributed by atoms with van der Waals surface area (Å²) in [5, 5.41) is 1.27. The fourth-order valence-corrected chi connectivity index (χ4v) is 2.32. The minimum Gasteiger partial charge on any atom is -0.329 e. The van der Waals surface area contributed by atoms with Crippen LogP contribution in [0.4, 0.5) is 0 Å². The van der Waals surface area contributed by atoms with Crippen LogP contribution in [-0.2, 0) is 11.8 Å². The molecule has 0 atom stereocenters. The molecule has 1 aromatic heterocycles. The summed E-state index contributed by atoms with van der Waals surface area (Å²) in [6, 6.07) is 6.36. The summed E-state index contributed by atoms with van der Waals surface area (Å²) in [5.41, 5.74) is 5.10. The number of hydrazine groups is 1. The SMILES string of the molecule is Cn1ccnc1SCC(=O)NNC(=O)c1ccc(Cl)cc1. The van der Waals surface area contributed by atoms with Crippen LogP contribution in [0.2, 0.25) is 5.02 Å². The first-order chi connectivity index (χ1) is 10.1. The number of carbonyl (C=O) groups is 2. The molecule has 0 bridgehead atoms. The zero-order chi connectivity index (χ0) is 15.2. The van der Waals surface area contributed by atoms with Crippen LogP contribution in [0, 0.1) is 0 Å². The van der Waals surface area contributed by atoms with E-state index >= 15 is 0 Å². The number of thioether (sulfide) groups is 1. The fourth-order valence-electron chi connectivity index (χ4n) is 1.46. The number of aromatic nitrogens is 2. The molecule has 0 aliphatic heterocycles. The molecule has 0 saturated carbocycles. The van der Waals surface area contributed by atoms with Crippen molar-refractivity contribution in [1.29, 1.82) is 0 Å². The molecule has 2 amide bonds. The minimum absolute atomic E-state index is 0.158. The number of benzene rings is 1. The maximum atomic E-state index is 11.8. The average molecular weight is 325 g/mol. The third-order valence-electron chi connectivity index (χ3n) is 2.53. The van der Waals surface area contributed by atoms with Crippen molar-refractivity contribution in [2.24, 2.45) is 7.05 Å². The van der Waals surface area contributed by atoms with Gasteiger partial charge in [0.25, 0.3) is 5.91 Å². The van der Waals surface area contributed by atoms with Crippen LogP contribution in [0.15, 0.2) is 41.8 Å². The van der Waals surface area contributed by atoms with Gasteiger partial charge in [0.1, 0.15) is 0 Å². The molecule has 0 aliphatic carbocycles. The van der Waals surface area contributed by atoms with Gasteiger partial charge in [-0.2, -0.15) is 0 Å². The molecule has 0 fully saturated rings. The van der Waals surface area contributed by atoms with Crippen LogP contribution in [0.3, 0.4) is 0 Å². The smallest absolute Gasteiger partial charge is 0.269 e. The Morgan fingerprint density at radius 2 is 2.00 bits per heavy atom. The number of amides is 2. The molecule has 0 unspecified atom stereocenters. The average Bonchev–Trinajstić information content (AvgIpc) is 2.88. The molecule has 2 N–H and O–H groups in total. The van der Waals surface area contributed by atoms with Crippen LogP contribution in [0.5, 0.6) is 0 Å². The Morgan fingerprint density at radius 3 is 2.62 bits per heavy atom. The monoisotopic (exact) mass is 324 g/mol. The second kappa shape index (κ2) is 7.14. The first-order valence-corrected chi connectivity index (χ1v) is 7.37. The molecule has 2 aromatic rings. The second-order valence-electron chi connectivity index (χ2n) is 4.12. The van der Waals surface area contributed by atoms with Crippen LogP contribution >= 0.6 is 23.4 Å². The predicted molar refractivity (Wildman–Crippen MR) is 81.0 cm³/mol. The van der Waals surface area contributed by atoms with E-state index < -0.39 is 5.91 Å². The summed E-state index contributed by atoms with van der Waals surface area (Å²) in [6.07, 6.45) is 3.45. The van der Waals surface area contributed by atoms with Gasteiger partial charge < -0.3 is 4.57 Å². The van der Waals surface area contributed by atoms with E-state index in [0.717, 1.165) is 5.16 Å². The first-order valence-electron chi connectivity index (χ1n) is 6.01. The molecule has 0 aliphatic rings. The van der Waals surface area contributed by atoms with E-state index in [9.17, 15) is 9.59 Å². The summed E-state index contributed by atoms with van der Waals surface area (Å²) in [4.78, 5) is 27.5.